The minimum Gasteiger partial charge on any atom is -0.302 e. The van der Waals surface area contributed by atoms with E-state index in [1.54, 1.807) is 0 Å². The van der Waals surface area contributed by atoms with E-state index >= 15 is 0 Å². The molecule has 2 nitrogen and oxygen atoms in total. The lowest BCUT2D eigenvalue weighted by Crippen LogP contribution is -2.50. The van der Waals surface area contributed by atoms with Crippen LogP contribution in [0.3, 0.4) is 0 Å². The molecule has 106 valence electrons. The third-order valence-electron chi connectivity index (χ3n) is 4.73. The quantitative estimate of drug-likeness (QED) is 0.742. The number of likely N-dealkylation sites (tertiary alicyclic amines) is 2. The van der Waals surface area contributed by atoms with Crippen molar-refractivity contribution in [3.8, 4) is 0 Å². The minimum absolute atomic E-state index is 0.741. The molecule has 0 spiro atoms. The fourth-order valence-corrected chi connectivity index (χ4v) is 3.66. The second kappa shape index (κ2) is 6.38. The van der Waals surface area contributed by atoms with E-state index in [4.69, 9.17) is 0 Å². The minimum atomic E-state index is 0.741. The summed E-state index contributed by atoms with van der Waals surface area (Å²) in [6.45, 7) is 16.1. The van der Waals surface area contributed by atoms with Crippen LogP contribution in [0.4, 0.5) is 0 Å². The monoisotopic (exact) mass is 252 g/mol. The van der Waals surface area contributed by atoms with Crippen LogP contribution in [0.5, 0.6) is 0 Å². The van der Waals surface area contributed by atoms with Crippen LogP contribution >= 0.6 is 0 Å². The van der Waals surface area contributed by atoms with Gasteiger partial charge < -0.3 is 9.80 Å². The fraction of sp³-hybridized carbons (Fsp3) is 1.00. The van der Waals surface area contributed by atoms with Gasteiger partial charge in [-0.2, -0.15) is 0 Å². The zero-order valence-corrected chi connectivity index (χ0v) is 12.9. The van der Waals surface area contributed by atoms with Crippen molar-refractivity contribution >= 4 is 0 Å². The van der Waals surface area contributed by atoms with Gasteiger partial charge in [-0.05, 0) is 64.0 Å². The average Bonchev–Trinajstić information content (AvgIpc) is 2.26. The maximum Gasteiger partial charge on any atom is 0.00385 e. The second-order valence-corrected chi connectivity index (χ2v) is 7.29. The zero-order valence-electron chi connectivity index (χ0n) is 12.9. The number of piperidine rings is 1. The van der Waals surface area contributed by atoms with Crippen molar-refractivity contribution < 1.29 is 0 Å². The van der Waals surface area contributed by atoms with Crippen molar-refractivity contribution in [3.05, 3.63) is 0 Å². The normalized spacial score (nSPS) is 25.0. The third kappa shape index (κ3) is 3.96. The molecular weight excluding hydrogens is 220 g/mol. The van der Waals surface area contributed by atoms with Crippen LogP contribution in [-0.4, -0.2) is 48.6 Å². The highest BCUT2D eigenvalue weighted by molar-refractivity contribution is 4.84. The predicted molar refractivity (Wildman–Crippen MR) is 78.8 cm³/mol. The van der Waals surface area contributed by atoms with Crippen LogP contribution in [-0.2, 0) is 0 Å². The van der Waals surface area contributed by atoms with Crippen molar-refractivity contribution in [2.45, 2.75) is 53.0 Å². The average molecular weight is 252 g/mol. The molecule has 18 heavy (non-hydrogen) atoms. The Morgan fingerprint density at radius 3 is 2.06 bits per heavy atom. The van der Waals surface area contributed by atoms with Gasteiger partial charge in [0.05, 0.1) is 0 Å². The molecule has 2 aliphatic heterocycles. The van der Waals surface area contributed by atoms with Crippen molar-refractivity contribution in [1.29, 1.82) is 0 Å². The first kappa shape index (κ1) is 14.3. The van der Waals surface area contributed by atoms with E-state index in [9.17, 15) is 0 Å². The molecule has 0 aromatic carbocycles. The summed E-state index contributed by atoms with van der Waals surface area (Å²) in [5.41, 5.74) is 0. The molecule has 0 bridgehead atoms. The van der Waals surface area contributed by atoms with E-state index in [0.717, 1.165) is 23.8 Å². The van der Waals surface area contributed by atoms with Gasteiger partial charge in [-0.15, -0.1) is 0 Å². The lowest BCUT2D eigenvalue weighted by molar-refractivity contribution is 0.0482. The molecule has 0 amide bonds. The fourth-order valence-electron chi connectivity index (χ4n) is 3.66. The van der Waals surface area contributed by atoms with Crippen LogP contribution in [0.25, 0.3) is 0 Å². The zero-order chi connectivity index (χ0) is 13.1. The van der Waals surface area contributed by atoms with Crippen LogP contribution in [0.2, 0.25) is 0 Å². The van der Waals surface area contributed by atoms with Crippen LogP contribution < -0.4 is 0 Å². The molecule has 0 N–H and O–H groups in total. The Balaban J connectivity index is 1.59. The first-order chi connectivity index (χ1) is 8.54. The highest BCUT2D eigenvalue weighted by Crippen LogP contribution is 2.26. The van der Waals surface area contributed by atoms with Gasteiger partial charge in [-0.25, -0.2) is 0 Å². The molecule has 2 saturated heterocycles. The first-order valence-electron chi connectivity index (χ1n) is 8.01. The van der Waals surface area contributed by atoms with Crippen LogP contribution in [0, 0.1) is 17.8 Å². The van der Waals surface area contributed by atoms with Gasteiger partial charge in [0.1, 0.15) is 0 Å². The Bertz CT molecular complexity index is 235. The molecule has 2 heterocycles. The Labute approximate surface area is 114 Å². The Morgan fingerprint density at radius 2 is 1.56 bits per heavy atom. The van der Waals surface area contributed by atoms with Gasteiger partial charge in [0.2, 0.25) is 0 Å². The summed E-state index contributed by atoms with van der Waals surface area (Å²) in [7, 11) is 0. The van der Waals surface area contributed by atoms with Crippen molar-refractivity contribution in [3.63, 3.8) is 0 Å². The molecule has 0 saturated carbocycles. The molecule has 0 aromatic rings. The number of hydrogen-bond acceptors (Lipinski definition) is 2. The highest BCUT2D eigenvalue weighted by atomic mass is 15.2. The summed E-state index contributed by atoms with van der Waals surface area (Å²) in [6.07, 6.45) is 4.27. The molecule has 2 aliphatic rings. The smallest absolute Gasteiger partial charge is 0.00385 e. The van der Waals surface area contributed by atoms with Gasteiger partial charge >= 0.3 is 0 Å². The van der Waals surface area contributed by atoms with E-state index in [-0.39, 0.29) is 0 Å². The van der Waals surface area contributed by atoms with Gasteiger partial charge in [-0.1, -0.05) is 13.8 Å². The number of nitrogens with zero attached hydrogens (tertiary/aromatic N) is 2. The predicted octanol–water partition coefficient (Wildman–Crippen LogP) is 3.08. The van der Waals surface area contributed by atoms with Crippen molar-refractivity contribution in [1.82, 2.24) is 9.80 Å². The molecule has 0 radical (unpaired) electrons. The summed E-state index contributed by atoms with van der Waals surface area (Å²) >= 11 is 0. The molecule has 0 unspecified atom stereocenters. The molecule has 0 atom stereocenters. The van der Waals surface area contributed by atoms with Crippen molar-refractivity contribution in [2.75, 3.05) is 32.7 Å². The molecule has 0 aliphatic carbocycles. The van der Waals surface area contributed by atoms with Gasteiger partial charge in [0.15, 0.2) is 0 Å². The summed E-state index contributed by atoms with van der Waals surface area (Å²) in [5, 5.41) is 0. The molecule has 2 heteroatoms. The van der Waals surface area contributed by atoms with E-state index < -0.39 is 0 Å². The number of hydrogen-bond donors (Lipinski definition) is 0. The van der Waals surface area contributed by atoms with E-state index in [2.05, 4.69) is 37.5 Å². The summed E-state index contributed by atoms with van der Waals surface area (Å²) in [6, 6.07) is 0.741. The molecular formula is C16H32N2. The van der Waals surface area contributed by atoms with Crippen molar-refractivity contribution in [2.24, 2.45) is 17.8 Å². The standard InChI is InChI=1S/C16H32N2/c1-13(2)9-16-11-17(12-16)10-15-5-7-18(8-6-15)14(3)4/h13-16H,5-12H2,1-4H3. The van der Waals surface area contributed by atoms with Gasteiger partial charge in [0, 0.05) is 25.7 Å². The molecule has 2 fully saturated rings. The maximum atomic E-state index is 2.70. The third-order valence-corrected chi connectivity index (χ3v) is 4.73. The summed E-state index contributed by atoms with van der Waals surface area (Å²) in [5.74, 6) is 2.85. The Morgan fingerprint density at radius 1 is 0.944 bits per heavy atom. The van der Waals surface area contributed by atoms with Gasteiger partial charge in [0.25, 0.3) is 0 Å². The maximum absolute atomic E-state index is 2.70. The van der Waals surface area contributed by atoms with Gasteiger partial charge in [-0.3, -0.25) is 0 Å². The summed E-state index contributed by atoms with van der Waals surface area (Å²) < 4.78 is 0. The highest BCUT2D eigenvalue weighted by Gasteiger charge is 2.30. The molecule has 0 aromatic heterocycles. The van der Waals surface area contributed by atoms with Crippen LogP contribution in [0.1, 0.15) is 47.0 Å². The Hall–Kier alpha value is -0.0800. The second-order valence-electron chi connectivity index (χ2n) is 7.29. The van der Waals surface area contributed by atoms with E-state index in [0.29, 0.717) is 0 Å². The Kier molecular flexibility index (Phi) is 5.08. The summed E-state index contributed by atoms with van der Waals surface area (Å²) in [4.78, 5) is 5.33. The largest absolute Gasteiger partial charge is 0.302 e. The molecule has 2 rings (SSSR count). The lowest BCUT2D eigenvalue weighted by Gasteiger charge is -2.44. The van der Waals surface area contributed by atoms with Crippen LogP contribution in [0.15, 0.2) is 0 Å². The number of rotatable bonds is 5. The topological polar surface area (TPSA) is 6.48 Å². The first-order valence-corrected chi connectivity index (χ1v) is 8.01. The van der Waals surface area contributed by atoms with E-state index in [1.807, 2.05) is 0 Å². The lowest BCUT2D eigenvalue weighted by atomic mass is 9.88. The SMILES string of the molecule is CC(C)CC1CN(CC2CCN(C(C)C)CC2)C1. The van der Waals surface area contributed by atoms with E-state index in [1.165, 1.54) is 52.0 Å².